The number of amides is 3. The zero-order chi connectivity index (χ0) is 27.1. The maximum absolute atomic E-state index is 14.0. The van der Waals surface area contributed by atoms with E-state index >= 15 is 0 Å². The number of anilines is 1. The van der Waals surface area contributed by atoms with E-state index in [1.54, 1.807) is 43.3 Å². The molecule has 0 aliphatic carbocycles. The van der Waals surface area contributed by atoms with E-state index in [0.717, 1.165) is 0 Å². The number of likely N-dealkylation sites (N-methyl/N-ethyl adjacent to an activating group) is 1. The fraction of sp³-hybridized carbons (Fsp3) is 0.444. The van der Waals surface area contributed by atoms with Gasteiger partial charge in [-0.3, -0.25) is 9.69 Å². The quantitative estimate of drug-likeness (QED) is 0.579. The zero-order valence-corrected chi connectivity index (χ0v) is 21.9. The molecular formula is C27H34FN5O4. The fourth-order valence-electron chi connectivity index (χ4n) is 3.81. The third-order valence-corrected chi connectivity index (χ3v) is 6.07. The van der Waals surface area contributed by atoms with E-state index in [1.807, 2.05) is 25.9 Å². The molecule has 2 N–H and O–H groups in total. The number of rotatable bonds is 6. The summed E-state index contributed by atoms with van der Waals surface area (Å²) >= 11 is 0. The highest BCUT2D eigenvalue weighted by atomic mass is 19.1. The Labute approximate surface area is 217 Å². The van der Waals surface area contributed by atoms with Gasteiger partial charge in [0, 0.05) is 31.3 Å². The molecule has 3 amide bonds. The highest BCUT2D eigenvalue weighted by molar-refractivity contribution is 5.97. The Balaban J connectivity index is 1.88. The number of halogens is 1. The van der Waals surface area contributed by atoms with Gasteiger partial charge in [0.25, 0.3) is 5.91 Å². The lowest BCUT2D eigenvalue weighted by Crippen LogP contribution is -2.50. The number of carbonyl (C=O) groups is 2. The van der Waals surface area contributed by atoms with Crippen molar-refractivity contribution in [3.63, 3.8) is 0 Å². The van der Waals surface area contributed by atoms with Gasteiger partial charge in [-0.1, -0.05) is 30.9 Å². The Morgan fingerprint density at radius 2 is 2.08 bits per heavy atom. The summed E-state index contributed by atoms with van der Waals surface area (Å²) in [6.07, 6.45) is 1.02. The summed E-state index contributed by atoms with van der Waals surface area (Å²) in [5.41, 5.74) is 0.891. The van der Waals surface area contributed by atoms with Crippen LogP contribution in [0.5, 0.6) is 5.88 Å². The molecule has 37 heavy (non-hydrogen) atoms. The number of aliphatic hydroxyl groups excluding tert-OH is 1. The molecule has 198 valence electrons. The van der Waals surface area contributed by atoms with Crippen molar-refractivity contribution < 1.29 is 23.8 Å². The van der Waals surface area contributed by atoms with Crippen LogP contribution in [0, 0.1) is 23.6 Å². The summed E-state index contributed by atoms with van der Waals surface area (Å²) in [6, 6.07) is 6.63. The number of aliphatic hydroxyl groups is 1. The van der Waals surface area contributed by atoms with Gasteiger partial charge in [0.2, 0.25) is 5.88 Å². The largest absolute Gasteiger partial charge is 0.472 e. The Bertz CT molecular complexity index is 1180. The second-order valence-electron chi connectivity index (χ2n) is 9.53. The average molecular weight is 512 g/mol. The molecule has 0 saturated heterocycles. The number of aromatic nitrogens is 1. The minimum atomic E-state index is -0.533. The zero-order valence-electron chi connectivity index (χ0n) is 21.9. The van der Waals surface area contributed by atoms with Crippen molar-refractivity contribution in [2.24, 2.45) is 5.92 Å². The van der Waals surface area contributed by atoms with Gasteiger partial charge >= 0.3 is 6.03 Å². The van der Waals surface area contributed by atoms with Crippen LogP contribution in [0.2, 0.25) is 0 Å². The van der Waals surface area contributed by atoms with Crippen LogP contribution in [-0.4, -0.2) is 96.3 Å². The number of nitrogens with zero attached hydrogens (tertiary/aromatic N) is 4. The molecule has 3 rings (SSSR count). The van der Waals surface area contributed by atoms with Crippen LogP contribution in [0.1, 0.15) is 29.8 Å². The van der Waals surface area contributed by atoms with E-state index in [2.05, 4.69) is 22.1 Å². The third kappa shape index (κ3) is 7.18. The van der Waals surface area contributed by atoms with E-state index in [9.17, 15) is 19.1 Å². The maximum Gasteiger partial charge on any atom is 0.321 e. The van der Waals surface area contributed by atoms with Crippen molar-refractivity contribution in [1.29, 1.82) is 0 Å². The molecule has 10 heteroatoms. The highest BCUT2D eigenvalue weighted by Gasteiger charge is 2.34. The monoisotopic (exact) mass is 511 g/mol. The van der Waals surface area contributed by atoms with Gasteiger partial charge in [-0.2, -0.15) is 0 Å². The highest BCUT2D eigenvalue weighted by Crippen LogP contribution is 2.27. The van der Waals surface area contributed by atoms with Gasteiger partial charge in [-0.05, 0) is 39.2 Å². The minimum Gasteiger partial charge on any atom is -0.472 e. The molecule has 0 unspecified atom stereocenters. The number of urea groups is 1. The van der Waals surface area contributed by atoms with Crippen molar-refractivity contribution in [2.45, 2.75) is 26.0 Å². The molecule has 0 spiro atoms. The van der Waals surface area contributed by atoms with Crippen LogP contribution in [0.4, 0.5) is 14.9 Å². The van der Waals surface area contributed by atoms with Crippen LogP contribution in [0.25, 0.3) is 0 Å². The molecule has 0 saturated carbocycles. The van der Waals surface area contributed by atoms with Gasteiger partial charge in [0.15, 0.2) is 0 Å². The Hall–Kier alpha value is -3.68. The molecule has 0 radical (unpaired) electrons. The first-order valence-corrected chi connectivity index (χ1v) is 12.1. The lowest BCUT2D eigenvalue weighted by molar-refractivity contribution is 0.0356. The number of pyridine rings is 1. The first kappa shape index (κ1) is 27.9. The summed E-state index contributed by atoms with van der Waals surface area (Å²) in [7, 11) is 5.41. The normalized spacial score (nSPS) is 18.1. The number of hydrogen-bond donors (Lipinski definition) is 2. The van der Waals surface area contributed by atoms with E-state index in [4.69, 9.17) is 4.74 Å². The van der Waals surface area contributed by atoms with Gasteiger partial charge < -0.3 is 25.0 Å². The van der Waals surface area contributed by atoms with Crippen LogP contribution in [-0.2, 0) is 0 Å². The van der Waals surface area contributed by atoms with E-state index in [1.165, 1.54) is 17.0 Å². The number of nitrogens with one attached hydrogen (secondary N) is 1. The predicted molar refractivity (Wildman–Crippen MR) is 139 cm³/mol. The molecule has 1 aromatic heterocycles. The number of fused-ring (bicyclic) bond motifs is 1. The van der Waals surface area contributed by atoms with Crippen molar-refractivity contribution in [2.75, 3.05) is 52.7 Å². The molecule has 9 nitrogen and oxygen atoms in total. The molecule has 2 aromatic rings. The molecular weight excluding hydrogens is 477 g/mol. The van der Waals surface area contributed by atoms with E-state index < -0.39 is 24.0 Å². The summed E-state index contributed by atoms with van der Waals surface area (Å²) in [6.45, 7) is 4.47. The van der Waals surface area contributed by atoms with Crippen molar-refractivity contribution >= 4 is 17.6 Å². The van der Waals surface area contributed by atoms with Crippen LogP contribution < -0.4 is 10.1 Å². The third-order valence-electron chi connectivity index (χ3n) is 6.07. The van der Waals surface area contributed by atoms with E-state index in [-0.39, 0.29) is 42.1 Å². The summed E-state index contributed by atoms with van der Waals surface area (Å²) in [5, 5.41) is 12.4. The molecule has 1 aromatic carbocycles. The lowest BCUT2D eigenvalue weighted by atomic mass is 10.00. The van der Waals surface area contributed by atoms with Gasteiger partial charge in [0.05, 0.1) is 31.4 Å². The van der Waals surface area contributed by atoms with Gasteiger partial charge in [-0.25, -0.2) is 14.2 Å². The standard InChI is InChI=1S/C27H34FN5O4/c1-18-15-33(19(2)17-34)26(35)21-13-20(9-8-12-31(3)4)14-29-25(21)37-24(18)16-32(5)27(36)30-23-11-7-6-10-22(23)28/h6-7,10-11,13-14,18-19,24,34H,12,15-17H2,1-5H3,(H,30,36)/t18-,19+,24-/m1/s1. The molecule has 0 fully saturated rings. The van der Waals surface area contributed by atoms with Crippen molar-refractivity contribution in [3.8, 4) is 17.7 Å². The molecule has 1 aliphatic rings. The first-order valence-electron chi connectivity index (χ1n) is 12.1. The van der Waals surface area contributed by atoms with Crippen LogP contribution in [0.3, 0.4) is 0 Å². The molecule has 3 atom stereocenters. The number of ether oxygens (including phenoxy) is 1. The summed E-state index contributed by atoms with van der Waals surface area (Å²) in [4.78, 5) is 35.6. The van der Waals surface area contributed by atoms with Crippen molar-refractivity contribution in [3.05, 3.63) is 53.5 Å². The molecule has 1 aliphatic heterocycles. The number of hydrogen-bond acceptors (Lipinski definition) is 6. The Kier molecular flexibility index (Phi) is 9.44. The SMILES string of the molecule is C[C@@H]1CN([C@@H](C)CO)C(=O)c2cc(C#CCN(C)C)cnc2O[C@@H]1CN(C)C(=O)Nc1ccccc1F. The first-order chi connectivity index (χ1) is 17.6. The topological polar surface area (TPSA) is 98.2 Å². The maximum atomic E-state index is 14.0. The second kappa shape index (κ2) is 12.5. The minimum absolute atomic E-state index is 0.0782. The number of para-hydroxylation sites is 1. The Morgan fingerprint density at radius 1 is 1.35 bits per heavy atom. The fourth-order valence-corrected chi connectivity index (χ4v) is 3.81. The van der Waals surface area contributed by atoms with Gasteiger partial charge in [-0.15, -0.1) is 0 Å². The predicted octanol–water partition coefficient (Wildman–Crippen LogP) is 2.52. The molecule has 0 bridgehead atoms. The van der Waals surface area contributed by atoms with Crippen molar-refractivity contribution in [1.82, 2.24) is 19.7 Å². The lowest BCUT2D eigenvalue weighted by Gasteiger charge is -2.37. The smallest absolute Gasteiger partial charge is 0.321 e. The number of benzene rings is 1. The summed E-state index contributed by atoms with van der Waals surface area (Å²) < 4.78 is 20.2. The van der Waals surface area contributed by atoms with Crippen LogP contribution in [0.15, 0.2) is 36.5 Å². The van der Waals surface area contributed by atoms with Gasteiger partial charge in [0.1, 0.15) is 17.5 Å². The van der Waals surface area contributed by atoms with E-state index in [0.29, 0.717) is 18.7 Å². The number of carbonyl (C=O) groups excluding carboxylic acids is 2. The second-order valence-corrected chi connectivity index (χ2v) is 9.53. The Morgan fingerprint density at radius 3 is 2.76 bits per heavy atom. The average Bonchev–Trinajstić information content (AvgIpc) is 2.87. The summed E-state index contributed by atoms with van der Waals surface area (Å²) in [5.74, 6) is 5.12. The molecule has 2 heterocycles. The van der Waals surface area contributed by atoms with Crippen LogP contribution >= 0.6 is 0 Å².